The summed E-state index contributed by atoms with van der Waals surface area (Å²) in [5.41, 5.74) is 10.3. The summed E-state index contributed by atoms with van der Waals surface area (Å²) in [6.45, 7) is 5.32. The molecule has 112 valence electrons. The van der Waals surface area contributed by atoms with Gasteiger partial charge in [-0.15, -0.1) is 0 Å². The first-order valence-electron chi connectivity index (χ1n) is 6.66. The number of aromatic nitrogens is 3. The molecule has 0 fully saturated rings. The maximum Gasteiger partial charge on any atom is 0.189 e. The van der Waals surface area contributed by atoms with Crippen LogP contribution in [0.2, 0.25) is 0 Å². The summed E-state index contributed by atoms with van der Waals surface area (Å²) in [6, 6.07) is 3.72. The van der Waals surface area contributed by atoms with Crippen LogP contribution in [0, 0.1) is 13.8 Å². The van der Waals surface area contributed by atoms with Crippen molar-refractivity contribution >= 4 is 5.84 Å². The highest BCUT2D eigenvalue weighted by Crippen LogP contribution is 2.12. The number of oxime groups is 1. The van der Waals surface area contributed by atoms with Gasteiger partial charge in [0.15, 0.2) is 5.84 Å². The van der Waals surface area contributed by atoms with Crippen LogP contribution in [-0.4, -0.2) is 25.8 Å². The van der Waals surface area contributed by atoms with Crippen molar-refractivity contribution < 1.29 is 5.21 Å². The minimum absolute atomic E-state index is 0.0149. The molecule has 2 aromatic rings. The summed E-state index contributed by atoms with van der Waals surface area (Å²) in [7, 11) is 1.93. The molecule has 0 aromatic carbocycles. The molecule has 0 bridgehead atoms. The van der Waals surface area contributed by atoms with Gasteiger partial charge in [-0.2, -0.15) is 5.10 Å². The maximum atomic E-state index is 8.78. The summed E-state index contributed by atoms with van der Waals surface area (Å²) in [4.78, 5) is 4.14. The predicted octanol–water partition coefficient (Wildman–Crippen LogP) is 0.816. The predicted molar refractivity (Wildman–Crippen MR) is 80.0 cm³/mol. The fourth-order valence-corrected chi connectivity index (χ4v) is 2.25. The molecule has 7 nitrogen and oxygen atoms in total. The average Bonchev–Trinajstić information content (AvgIpc) is 2.73. The summed E-state index contributed by atoms with van der Waals surface area (Å²) in [6.07, 6.45) is 1.62. The molecule has 0 spiro atoms. The molecule has 2 heterocycles. The van der Waals surface area contributed by atoms with E-state index in [1.807, 2.05) is 37.7 Å². The van der Waals surface area contributed by atoms with Gasteiger partial charge in [-0.1, -0.05) is 11.2 Å². The monoisotopic (exact) mass is 288 g/mol. The first-order chi connectivity index (χ1) is 10.0. The first-order valence-corrected chi connectivity index (χ1v) is 6.66. The molecule has 2 aromatic heterocycles. The number of hydrogen-bond acceptors (Lipinski definition) is 5. The maximum absolute atomic E-state index is 8.78. The van der Waals surface area contributed by atoms with Gasteiger partial charge in [-0.25, -0.2) is 0 Å². The third kappa shape index (κ3) is 3.19. The summed E-state index contributed by atoms with van der Waals surface area (Å²) < 4.78 is 1.87. The molecule has 0 amide bonds. The highest BCUT2D eigenvalue weighted by Gasteiger charge is 2.10. The third-order valence-corrected chi connectivity index (χ3v) is 3.52. The fourth-order valence-electron chi connectivity index (χ4n) is 2.25. The molecule has 2 rings (SSSR count). The lowest BCUT2D eigenvalue weighted by atomic mass is 10.1. The third-order valence-electron chi connectivity index (χ3n) is 3.52. The summed E-state index contributed by atoms with van der Waals surface area (Å²) >= 11 is 0. The zero-order chi connectivity index (χ0) is 15.4. The van der Waals surface area contributed by atoms with Crippen molar-refractivity contribution in [1.82, 2.24) is 20.1 Å². The van der Waals surface area contributed by atoms with Crippen molar-refractivity contribution in [1.29, 1.82) is 0 Å². The van der Waals surface area contributed by atoms with Gasteiger partial charge in [0.05, 0.1) is 5.69 Å². The number of rotatable bonds is 5. The molecule has 0 aliphatic heterocycles. The molecule has 0 aliphatic rings. The minimum Gasteiger partial charge on any atom is -0.409 e. The molecule has 0 radical (unpaired) electrons. The molecule has 0 unspecified atom stereocenters. The van der Waals surface area contributed by atoms with Crippen molar-refractivity contribution in [3.63, 3.8) is 0 Å². The van der Waals surface area contributed by atoms with Crippen molar-refractivity contribution in [3.8, 4) is 0 Å². The number of nitrogens with two attached hydrogens (primary N) is 1. The highest BCUT2D eigenvalue weighted by molar-refractivity contribution is 5.96. The van der Waals surface area contributed by atoms with Crippen LogP contribution in [0.4, 0.5) is 0 Å². The number of nitrogens with one attached hydrogen (secondary N) is 1. The van der Waals surface area contributed by atoms with Gasteiger partial charge in [0.25, 0.3) is 0 Å². The van der Waals surface area contributed by atoms with Gasteiger partial charge in [0.2, 0.25) is 0 Å². The second-order valence-electron chi connectivity index (χ2n) is 4.87. The summed E-state index contributed by atoms with van der Waals surface area (Å²) in [5, 5.41) is 19.5. The molecule has 0 saturated heterocycles. The molecule has 0 saturated carbocycles. The SMILES string of the molecule is Cc1nn(C)c(C)c1CNCc1cccnc1C(N)=NO. The van der Waals surface area contributed by atoms with Crippen LogP contribution < -0.4 is 11.1 Å². The summed E-state index contributed by atoms with van der Waals surface area (Å²) in [5.74, 6) is 0.0149. The smallest absolute Gasteiger partial charge is 0.189 e. The van der Waals surface area contributed by atoms with E-state index in [0.29, 0.717) is 18.8 Å². The Balaban J connectivity index is 2.08. The fraction of sp³-hybridized carbons (Fsp3) is 0.357. The Morgan fingerprint density at radius 3 is 2.81 bits per heavy atom. The van der Waals surface area contributed by atoms with E-state index in [1.54, 1.807) is 6.20 Å². The molecule has 0 atom stereocenters. The van der Waals surface area contributed by atoms with Gasteiger partial charge >= 0.3 is 0 Å². The van der Waals surface area contributed by atoms with Crippen LogP contribution in [0.3, 0.4) is 0 Å². The molecular weight excluding hydrogens is 268 g/mol. The van der Waals surface area contributed by atoms with Crippen LogP contribution in [0.5, 0.6) is 0 Å². The molecular formula is C14H20N6O. The zero-order valence-electron chi connectivity index (χ0n) is 12.5. The second kappa shape index (κ2) is 6.36. The van der Waals surface area contributed by atoms with Gasteiger partial charge in [0, 0.05) is 37.6 Å². The van der Waals surface area contributed by atoms with E-state index in [4.69, 9.17) is 10.9 Å². The lowest BCUT2D eigenvalue weighted by Gasteiger charge is -2.09. The zero-order valence-corrected chi connectivity index (χ0v) is 12.5. The van der Waals surface area contributed by atoms with Crippen molar-refractivity contribution in [2.24, 2.45) is 17.9 Å². The van der Waals surface area contributed by atoms with E-state index in [9.17, 15) is 0 Å². The van der Waals surface area contributed by atoms with E-state index in [1.165, 1.54) is 5.56 Å². The standard InChI is InChI=1S/C14H20N6O/c1-9-12(10(2)20(3)18-9)8-16-7-11-5-4-6-17-13(11)14(15)19-21/h4-6,16,21H,7-8H2,1-3H3,(H2,15,19). The van der Waals surface area contributed by atoms with Crippen molar-refractivity contribution in [2.45, 2.75) is 26.9 Å². The van der Waals surface area contributed by atoms with Gasteiger partial charge in [-0.3, -0.25) is 9.67 Å². The molecule has 7 heteroatoms. The minimum atomic E-state index is 0.0149. The van der Waals surface area contributed by atoms with Crippen LogP contribution in [0.15, 0.2) is 23.5 Å². The lowest BCUT2D eigenvalue weighted by Crippen LogP contribution is -2.21. The molecule has 4 N–H and O–H groups in total. The van der Waals surface area contributed by atoms with Crippen LogP contribution in [0.25, 0.3) is 0 Å². The first kappa shape index (κ1) is 15.0. The van der Waals surface area contributed by atoms with Gasteiger partial charge in [0.1, 0.15) is 5.69 Å². The van der Waals surface area contributed by atoms with Crippen LogP contribution in [-0.2, 0) is 20.1 Å². The van der Waals surface area contributed by atoms with E-state index in [0.717, 1.165) is 17.0 Å². The lowest BCUT2D eigenvalue weighted by molar-refractivity contribution is 0.318. The highest BCUT2D eigenvalue weighted by atomic mass is 16.4. The quantitative estimate of drug-likeness (QED) is 0.327. The Bertz CT molecular complexity index is 661. The number of hydrogen-bond donors (Lipinski definition) is 3. The van der Waals surface area contributed by atoms with E-state index in [-0.39, 0.29) is 5.84 Å². The van der Waals surface area contributed by atoms with Gasteiger partial charge < -0.3 is 16.3 Å². The van der Waals surface area contributed by atoms with Gasteiger partial charge in [-0.05, 0) is 25.5 Å². The Morgan fingerprint density at radius 1 is 1.43 bits per heavy atom. The normalized spacial score (nSPS) is 11.9. The average molecular weight is 288 g/mol. The molecule has 0 aliphatic carbocycles. The topological polar surface area (TPSA) is 101 Å². The number of amidine groups is 1. The number of nitrogens with zero attached hydrogens (tertiary/aromatic N) is 4. The van der Waals surface area contributed by atoms with Crippen LogP contribution in [0.1, 0.15) is 28.2 Å². The van der Waals surface area contributed by atoms with E-state index >= 15 is 0 Å². The Morgan fingerprint density at radius 2 is 2.19 bits per heavy atom. The number of pyridine rings is 1. The van der Waals surface area contributed by atoms with Crippen molar-refractivity contribution in [3.05, 3.63) is 46.5 Å². The Hall–Kier alpha value is -2.41. The number of aryl methyl sites for hydroxylation is 2. The Kier molecular flexibility index (Phi) is 4.54. The Labute approximate surface area is 123 Å². The second-order valence-corrected chi connectivity index (χ2v) is 4.87. The van der Waals surface area contributed by atoms with Crippen molar-refractivity contribution in [2.75, 3.05) is 0 Å². The molecule has 21 heavy (non-hydrogen) atoms. The van der Waals surface area contributed by atoms with E-state index < -0.39 is 0 Å². The van der Waals surface area contributed by atoms with E-state index in [2.05, 4.69) is 20.6 Å². The largest absolute Gasteiger partial charge is 0.409 e. The van der Waals surface area contributed by atoms with Crippen LogP contribution >= 0.6 is 0 Å².